The minimum atomic E-state index is -3.12. The van der Waals surface area contributed by atoms with Gasteiger partial charge in [-0.25, -0.2) is 18.1 Å². The van der Waals surface area contributed by atoms with Crippen molar-refractivity contribution in [3.8, 4) is 11.5 Å². The molecule has 6 rings (SSSR count). The Hall–Kier alpha value is -3.66. The molecule has 36 heavy (non-hydrogen) atoms. The molecule has 0 radical (unpaired) electrons. The van der Waals surface area contributed by atoms with Gasteiger partial charge in [0.1, 0.15) is 5.69 Å². The first kappa shape index (κ1) is 22.8. The molecule has 0 aliphatic carbocycles. The van der Waals surface area contributed by atoms with E-state index in [1.54, 1.807) is 29.1 Å². The number of benzene rings is 1. The number of anilines is 1. The standard InChI is InChI=1S/C26H27N5O4S/c1-18-24-21(26(32)30-12-10-29(11-13-30)19-6-3-2-4-7-19)16-22(23-8-5-14-35-23)27-25(24)31(28-18)20-9-15-36(33,34)17-20/h2-8,14,16,20H,9-13,15,17H2,1H3. The third-order valence-corrected chi connectivity index (χ3v) is 8.83. The molecule has 5 heterocycles. The highest BCUT2D eigenvalue weighted by molar-refractivity contribution is 7.91. The first-order valence-corrected chi connectivity index (χ1v) is 14.0. The van der Waals surface area contributed by atoms with Gasteiger partial charge in [0.2, 0.25) is 0 Å². The van der Waals surface area contributed by atoms with Crippen LogP contribution >= 0.6 is 0 Å². The summed E-state index contributed by atoms with van der Waals surface area (Å²) in [7, 11) is -3.12. The van der Waals surface area contributed by atoms with Crippen LogP contribution in [-0.4, -0.2) is 71.7 Å². The molecule has 10 heteroatoms. The molecular formula is C26H27N5O4S. The number of carbonyl (C=O) groups is 1. The van der Waals surface area contributed by atoms with Crippen molar-refractivity contribution in [1.82, 2.24) is 19.7 Å². The molecule has 186 valence electrons. The van der Waals surface area contributed by atoms with Crippen molar-refractivity contribution >= 4 is 32.5 Å². The molecule has 2 fully saturated rings. The molecule has 0 saturated carbocycles. The van der Waals surface area contributed by atoms with E-state index in [0.717, 1.165) is 18.8 Å². The van der Waals surface area contributed by atoms with Crippen molar-refractivity contribution < 1.29 is 17.6 Å². The van der Waals surface area contributed by atoms with Crippen LogP contribution in [-0.2, 0) is 9.84 Å². The number of hydrogen-bond acceptors (Lipinski definition) is 7. The van der Waals surface area contributed by atoms with Gasteiger partial charge in [-0.3, -0.25) is 4.79 Å². The summed E-state index contributed by atoms with van der Waals surface area (Å²) in [5.41, 5.74) is 3.39. The van der Waals surface area contributed by atoms with Gasteiger partial charge in [-0.1, -0.05) is 18.2 Å². The van der Waals surface area contributed by atoms with Crippen LogP contribution in [0.3, 0.4) is 0 Å². The second kappa shape index (κ2) is 8.77. The number of pyridine rings is 1. The minimum Gasteiger partial charge on any atom is -0.463 e. The zero-order chi connectivity index (χ0) is 24.9. The third-order valence-electron chi connectivity index (χ3n) is 7.08. The van der Waals surface area contributed by atoms with Gasteiger partial charge in [0.15, 0.2) is 21.2 Å². The summed E-state index contributed by atoms with van der Waals surface area (Å²) in [5.74, 6) is 0.627. The molecule has 1 aromatic carbocycles. The zero-order valence-electron chi connectivity index (χ0n) is 20.0. The van der Waals surface area contributed by atoms with Crippen LogP contribution in [0.4, 0.5) is 5.69 Å². The lowest BCUT2D eigenvalue weighted by atomic mass is 10.1. The van der Waals surface area contributed by atoms with Gasteiger partial charge in [-0.05, 0) is 43.7 Å². The molecule has 2 aliphatic heterocycles. The molecule has 1 unspecified atom stereocenters. The van der Waals surface area contributed by atoms with E-state index in [9.17, 15) is 13.2 Å². The number of aryl methyl sites for hydroxylation is 1. The summed E-state index contributed by atoms with van der Waals surface area (Å²) >= 11 is 0. The SMILES string of the molecule is Cc1nn(C2CCS(=O)(=O)C2)c2nc(-c3ccco3)cc(C(=O)N3CCN(c4ccccc4)CC3)c12. The van der Waals surface area contributed by atoms with E-state index >= 15 is 0 Å². The quantitative estimate of drug-likeness (QED) is 0.419. The molecule has 0 spiro atoms. The molecule has 2 aliphatic rings. The van der Waals surface area contributed by atoms with E-state index in [1.807, 2.05) is 30.0 Å². The predicted octanol–water partition coefficient (Wildman–Crippen LogP) is 3.32. The molecule has 1 amide bonds. The first-order chi connectivity index (χ1) is 17.4. The van der Waals surface area contributed by atoms with Crippen molar-refractivity contribution in [2.75, 3.05) is 42.6 Å². The number of sulfone groups is 1. The van der Waals surface area contributed by atoms with Crippen molar-refractivity contribution in [2.45, 2.75) is 19.4 Å². The van der Waals surface area contributed by atoms with E-state index in [0.29, 0.717) is 53.3 Å². The number of furan rings is 1. The van der Waals surface area contributed by atoms with E-state index in [4.69, 9.17) is 9.40 Å². The minimum absolute atomic E-state index is 0.0284. The normalized spacial score (nSPS) is 19.8. The van der Waals surface area contributed by atoms with Crippen molar-refractivity contribution in [3.63, 3.8) is 0 Å². The number of nitrogens with zero attached hydrogens (tertiary/aromatic N) is 5. The topological polar surface area (TPSA) is 102 Å². The fourth-order valence-electron chi connectivity index (χ4n) is 5.23. The molecule has 2 saturated heterocycles. The second-order valence-electron chi connectivity index (χ2n) is 9.43. The number of amides is 1. The Morgan fingerprint density at radius 1 is 1.06 bits per heavy atom. The molecule has 9 nitrogen and oxygen atoms in total. The van der Waals surface area contributed by atoms with Crippen LogP contribution in [0.5, 0.6) is 0 Å². The molecule has 3 aromatic heterocycles. The van der Waals surface area contributed by atoms with Gasteiger partial charge in [0, 0.05) is 31.9 Å². The summed E-state index contributed by atoms with van der Waals surface area (Å²) in [6.45, 7) is 4.53. The average molecular weight is 506 g/mol. The number of aromatic nitrogens is 3. The monoisotopic (exact) mass is 505 g/mol. The highest BCUT2D eigenvalue weighted by Gasteiger charge is 2.33. The Morgan fingerprint density at radius 3 is 2.50 bits per heavy atom. The number of para-hydroxylation sites is 1. The lowest BCUT2D eigenvalue weighted by Crippen LogP contribution is -2.48. The fourth-order valence-corrected chi connectivity index (χ4v) is 6.92. The maximum atomic E-state index is 13.9. The van der Waals surface area contributed by atoms with Gasteiger partial charge in [0.05, 0.1) is 40.5 Å². The number of piperazine rings is 1. The molecule has 1 atom stereocenters. The Labute approximate surface area is 209 Å². The van der Waals surface area contributed by atoms with Gasteiger partial charge >= 0.3 is 0 Å². The number of carbonyl (C=O) groups excluding carboxylic acids is 1. The van der Waals surface area contributed by atoms with E-state index in [2.05, 4.69) is 22.1 Å². The number of rotatable bonds is 4. The maximum absolute atomic E-state index is 13.9. The second-order valence-corrected chi connectivity index (χ2v) is 11.7. The Kier molecular flexibility index (Phi) is 5.55. The van der Waals surface area contributed by atoms with Crippen molar-refractivity contribution in [2.24, 2.45) is 0 Å². The Bertz CT molecular complexity index is 1520. The Morgan fingerprint density at radius 2 is 1.83 bits per heavy atom. The summed E-state index contributed by atoms with van der Waals surface area (Å²) in [6.07, 6.45) is 2.05. The molecular weight excluding hydrogens is 478 g/mol. The number of hydrogen-bond donors (Lipinski definition) is 0. The van der Waals surface area contributed by atoms with Crippen LogP contribution in [0.2, 0.25) is 0 Å². The lowest BCUT2D eigenvalue weighted by molar-refractivity contribution is 0.0748. The van der Waals surface area contributed by atoms with Crippen molar-refractivity contribution in [3.05, 3.63) is 66.1 Å². The van der Waals surface area contributed by atoms with E-state index in [-0.39, 0.29) is 23.5 Å². The lowest BCUT2D eigenvalue weighted by Gasteiger charge is -2.36. The summed E-state index contributed by atoms with van der Waals surface area (Å²) in [5, 5.41) is 5.35. The molecule has 0 N–H and O–H groups in total. The van der Waals surface area contributed by atoms with Gasteiger partial charge in [0.25, 0.3) is 5.91 Å². The Balaban J connectivity index is 1.38. The predicted molar refractivity (Wildman–Crippen MR) is 137 cm³/mol. The maximum Gasteiger partial charge on any atom is 0.254 e. The van der Waals surface area contributed by atoms with Gasteiger partial charge in [-0.2, -0.15) is 5.10 Å². The molecule has 4 aromatic rings. The first-order valence-electron chi connectivity index (χ1n) is 12.1. The highest BCUT2D eigenvalue weighted by atomic mass is 32.2. The smallest absolute Gasteiger partial charge is 0.254 e. The largest absolute Gasteiger partial charge is 0.463 e. The van der Waals surface area contributed by atoms with E-state index in [1.165, 1.54) is 0 Å². The van der Waals surface area contributed by atoms with E-state index < -0.39 is 9.84 Å². The summed E-state index contributed by atoms with van der Waals surface area (Å²) in [4.78, 5) is 22.8. The van der Waals surface area contributed by atoms with Crippen LogP contribution < -0.4 is 4.90 Å². The van der Waals surface area contributed by atoms with Gasteiger partial charge < -0.3 is 14.2 Å². The van der Waals surface area contributed by atoms with Crippen LogP contribution in [0, 0.1) is 6.92 Å². The van der Waals surface area contributed by atoms with Crippen molar-refractivity contribution in [1.29, 1.82) is 0 Å². The zero-order valence-corrected chi connectivity index (χ0v) is 20.8. The fraction of sp³-hybridized carbons (Fsp3) is 0.346. The average Bonchev–Trinajstić information content (AvgIpc) is 3.63. The summed E-state index contributed by atoms with van der Waals surface area (Å²) < 4.78 is 31.7. The third kappa shape index (κ3) is 4.05. The number of fused-ring (bicyclic) bond motifs is 1. The van der Waals surface area contributed by atoms with Gasteiger partial charge in [-0.15, -0.1) is 0 Å². The highest BCUT2D eigenvalue weighted by Crippen LogP contribution is 2.33. The van der Waals surface area contributed by atoms with Crippen LogP contribution in [0.15, 0.2) is 59.2 Å². The summed E-state index contributed by atoms with van der Waals surface area (Å²) in [6, 6.07) is 15.3. The van der Waals surface area contributed by atoms with Crippen LogP contribution in [0.25, 0.3) is 22.5 Å². The van der Waals surface area contributed by atoms with Crippen LogP contribution in [0.1, 0.15) is 28.5 Å². The molecule has 0 bridgehead atoms.